The van der Waals surface area contributed by atoms with Gasteiger partial charge in [-0.25, -0.2) is 4.73 Å². The van der Waals surface area contributed by atoms with Crippen LogP contribution < -0.4 is 4.73 Å². The first-order valence-electron chi connectivity index (χ1n) is 5.84. The Morgan fingerprint density at radius 2 is 1.94 bits per heavy atom. The Morgan fingerprint density at radius 3 is 2.72 bits per heavy atom. The predicted octanol–water partition coefficient (Wildman–Crippen LogP) is 2.03. The number of aryl methyl sites for hydroxylation is 1. The average molecular weight is 239 g/mol. The van der Waals surface area contributed by atoms with Crippen LogP contribution in [0.3, 0.4) is 0 Å². The van der Waals surface area contributed by atoms with Crippen molar-refractivity contribution >= 4 is 11.2 Å². The van der Waals surface area contributed by atoms with Gasteiger partial charge in [-0.1, -0.05) is 30.3 Å². The third-order valence-electron chi connectivity index (χ3n) is 3.05. The molecular weight excluding hydrogens is 226 g/mol. The molecule has 0 spiro atoms. The Hall–Kier alpha value is -2.36. The molecule has 0 saturated heterocycles. The van der Waals surface area contributed by atoms with Crippen molar-refractivity contribution in [2.24, 2.45) is 0 Å². The minimum absolute atomic E-state index is 0.478. The first kappa shape index (κ1) is 10.8. The molecule has 1 aromatic carbocycles. The number of pyridine rings is 1. The molecule has 0 aliphatic heterocycles. The molecule has 90 valence electrons. The van der Waals surface area contributed by atoms with Gasteiger partial charge in [0.15, 0.2) is 0 Å². The molecule has 2 heterocycles. The van der Waals surface area contributed by atoms with Crippen LogP contribution in [0.1, 0.15) is 11.4 Å². The lowest BCUT2D eigenvalue weighted by atomic mass is 10.2. The standard InChI is InChI=1S/C14H13N3O/c1-11-15-14-13(8-5-9-17(14)18)16(11)10-12-6-3-2-4-7-12/h2-9H,10H2,1H3. The molecule has 3 rings (SSSR count). The fraction of sp³-hybridized carbons (Fsp3) is 0.143. The van der Waals surface area contributed by atoms with Gasteiger partial charge in [-0.05, 0) is 22.7 Å². The number of benzene rings is 1. The highest BCUT2D eigenvalue weighted by molar-refractivity contribution is 5.68. The lowest BCUT2D eigenvalue weighted by Crippen LogP contribution is -2.26. The Labute approximate surface area is 105 Å². The lowest BCUT2D eigenvalue weighted by Gasteiger charge is -2.05. The van der Waals surface area contributed by atoms with Crippen LogP contribution in [0.4, 0.5) is 0 Å². The smallest absolute Gasteiger partial charge is 0.352 e. The highest BCUT2D eigenvalue weighted by Crippen LogP contribution is 2.14. The van der Waals surface area contributed by atoms with E-state index in [9.17, 15) is 5.21 Å². The SMILES string of the molecule is Cc1nc2c(ccc[n+]2[O-])n1Cc1ccccc1. The van der Waals surface area contributed by atoms with E-state index >= 15 is 0 Å². The number of hydrogen-bond acceptors (Lipinski definition) is 2. The molecule has 0 atom stereocenters. The van der Waals surface area contributed by atoms with Crippen LogP contribution >= 0.6 is 0 Å². The van der Waals surface area contributed by atoms with Gasteiger partial charge in [0.1, 0.15) is 5.52 Å². The second-order valence-electron chi connectivity index (χ2n) is 4.27. The number of nitrogens with zero attached hydrogens (tertiary/aromatic N) is 3. The summed E-state index contributed by atoms with van der Waals surface area (Å²) in [6, 6.07) is 13.8. The van der Waals surface area contributed by atoms with Gasteiger partial charge in [-0.2, -0.15) is 0 Å². The van der Waals surface area contributed by atoms with Crippen LogP contribution in [0.15, 0.2) is 48.7 Å². The Bertz CT molecular complexity index is 689. The van der Waals surface area contributed by atoms with Crippen LogP contribution in [0, 0.1) is 12.1 Å². The van der Waals surface area contributed by atoms with Crippen molar-refractivity contribution in [2.75, 3.05) is 0 Å². The van der Waals surface area contributed by atoms with Gasteiger partial charge in [0.25, 0.3) is 0 Å². The maximum Gasteiger partial charge on any atom is 0.352 e. The van der Waals surface area contributed by atoms with Crippen molar-refractivity contribution in [2.45, 2.75) is 13.5 Å². The quantitative estimate of drug-likeness (QED) is 0.507. The number of hydrogen-bond donors (Lipinski definition) is 0. The summed E-state index contributed by atoms with van der Waals surface area (Å²) in [5.74, 6) is 0.852. The Balaban J connectivity index is 2.12. The van der Waals surface area contributed by atoms with Crippen LogP contribution in [0.5, 0.6) is 0 Å². The van der Waals surface area contributed by atoms with E-state index in [0.717, 1.165) is 22.6 Å². The number of rotatable bonds is 2. The van der Waals surface area contributed by atoms with Crippen LogP contribution in [-0.2, 0) is 6.54 Å². The lowest BCUT2D eigenvalue weighted by molar-refractivity contribution is -0.579. The van der Waals surface area contributed by atoms with Crippen molar-refractivity contribution in [1.82, 2.24) is 9.55 Å². The molecule has 4 nitrogen and oxygen atoms in total. The molecule has 0 saturated carbocycles. The van der Waals surface area contributed by atoms with Gasteiger partial charge in [0.05, 0.1) is 12.7 Å². The maximum atomic E-state index is 11.6. The molecular formula is C14H13N3O. The van der Waals surface area contributed by atoms with E-state index < -0.39 is 0 Å². The predicted molar refractivity (Wildman–Crippen MR) is 69.0 cm³/mol. The molecule has 3 aromatic rings. The summed E-state index contributed by atoms with van der Waals surface area (Å²) >= 11 is 0. The normalized spacial score (nSPS) is 10.9. The first-order chi connectivity index (χ1) is 8.75. The van der Waals surface area contributed by atoms with Crippen molar-refractivity contribution in [3.63, 3.8) is 0 Å². The van der Waals surface area contributed by atoms with Gasteiger partial charge in [0, 0.05) is 6.92 Å². The monoisotopic (exact) mass is 239 g/mol. The molecule has 0 unspecified atom stereocenters. The molecule has 4 heteroatoms. The molecule has 0 bridgehead atoms. The molecule has 2 aromatic heterocycles. The summed E-state index contributed by atoms with van der Waals surface area (Å²) in [4.78, 5) is 4.32. The third kappa shape index (κ3) is 1.72. The molecule has 0 aliphatic carbocycles. The zero-order valence-electron chi connectivity index (χ0n) is 10.1. The molecule has 0 radical (unpaired) electrons. The molecule has 18 heavy (non-hydrogen) atoms. The first-order valence-corrected chi connectivity index (χ1v) is 5.84. The summed E-state index contributed by atoms with van der Waals surface area (Å²) < 4.78 is 2.86. The fourth-order valence-corrected chi connectivity index (χ4v) is 2.14. The summed E-state index contributed by atoms with van der Waals surface area (Å²) in [5.41, 5.74) is 2.54. The topological polar surface area (TPSA) is 44.8 Å². The number of fused-ring (bicyclic) bond motifs is 1. The van der Waals surface area contributed by atoms with E-state index in [2.05, 4.69) is 21.7 Å². The second kappa shape index (κ2) is 4.14. The van der Waals surface area contributed by atoms with Crippen LogP contribution in [0.2, 0.25) is 0 Å². The minimum Gasteiger partial charge on any atom is -0.710 e. The zero-order chi connectivity index (χ0) is 12.5. The Morgan fingerprint density at radius 1 is 1.17 bits per heavy atom. The Kier molecular flexibility index (Phi) is 2.48. The summed E-state index contributed by atoms with van der Waals surface area (Å²) in [6.07, 6.45) is 1.47. The van der Waals surface area contributed by atoms with Crippen molar-refractivity contribution in [3.8, 4) is 0 Å². The van der Waals surface area contributed by atoms with Crippen LogP contribution in [-0.4, -0.2) is 9.55 Å². The van der Waals surface area contributed by atoms with Gasteiger partial charge < -0.3 is 5.21 Å². The van der Waals surface area contributed by atoms with Gasteiger partial charge in [-0.15, -0.1) is 0 Å². The summed E-state index contributed by atoms with van der Waals surface area (Å²) in [7, 11) is 0. The van der Waals surface area contributed by atoms with Gasteiger partial charge in [0.2, 0.25) is 5.82 Å². The number of imidazole rings is 1. The summed E-state index contributed by atoms with van der Waals surface area (Å²) in [6.45, 7) is 2.65. The maximum absolute atomic E-state index is 11.6. The highest BCUT2D eigenvalue weighted by atomic mass is 16.5. The van der Waals surface area contributed by atoms with E-state index in [1.54, 1.807) is 6.07 Å². The fourth-order valence-electron chi connectivity index (χ4n) is 2.14. The van der Waals surface area contributed by atoms with E-state index in [4.69, 9.17) is 0 Å². The average Bonchev–Trinajstić information content (AvgIpc) is 2.70. The summed E-state index contributed by atoms with van der Waals surface area (Å²) in [5, 5.41) is 11.6. The van der Waals surface area contributed by atoms with E-state index in [1.165, 1.54) is 11.8 Å². The van der Waals surface area contributed by atoms with Gasteiger partial charge >= 0.3 is 5.65 Å². The largest absolute Gasteiger partial charge is 0.710 e. The van der Waals surface area contributed by atoms with E-state index in [0.29, 0.717) is 5.65 Å². The van der Waals surface area contributed by atoms with Crippen molar-refractivity contribution in [1.29, 1.82) is 0 Å². The van der Waals surface area contributed by atoms with Crippen molar-refractivity contribution in [3.05, 3.63) is 65.3 Å². The molecule has 0 aliphatic rings. The molecule has 0 fully saturated rings. The second-order valence-corrected chi connectivity index (χ2v) is 4.27. The van der Waals surface area contributed by atoms with Crippen molar-refractivity contribution < 1.29 is 4.73 Å². The van der Waals surface area contributed by atoms with Gasteiger partial charge in [-0.3, -0.25) is 4.57 Å². The third-order valence-corrected chi connectivity index (χ3v) is 3.05. The molecule has 0 N–H and O–H groups in total. The van der Waals surface area contributed by atoms with E-state index in [1.807, 2.05) is 31.2 Å². The number of aromatic nitrogens is 3. The zero-order valence-corrected chi connectivity index (χ0v) is 10.1. The molecule has 0 amide bonds. The minimum atomic E-state index is 0.478. The highest BCUT2D eigenvalue weighted by Gasteiger charge is 2.16. The van der Waals surface area contributed by atoms with E-state index in [-0.39, 0.29) is 0 Å². The van der Waals surface area contributed by atoms with Crippen LogP contribution in [0.25, 0.3) is 11.2 Å².